The molecule has 0 fully saturated rings. The van der Waals surface area contributed by atoms with E-state index >= 15 is 0 Å². The molecule has 2 aromatic rings. The Kier molecular flexibility index (Phi) is 7.08. The van der Waals surface area contributed by atoms with Crippen LogP contribution in [0.25, 0.3) is 0 Å². The molecule has 5 nitrogen and oxygen atoms in total. The van der Waals surface area contributed by atoms with Crippen molar-refractivity contribution in [2.45, 2.75) is 12.6 Å². The molecule has 0 radical (unpaired) electrons. The van der Waals surface area contributed by atoms with Gasteiger partial charge < -0.3 is 20.3 Å². The fourth-order valence-electron chi connectivity index (χ4n) is 2.46. The highest BCUT2D eigenvalue weighted by Gasteiger charge is 2.15. The lowest BCUT2D eigenvalue weighted by Crippen LogP contribution is -2.41. The minimum absolute atomic E-state index is 0.315. The molecule has 0 aliphatic rings. The van der Waals surface area contributed by atoms with Crippen molar-refractivity contribution in [3.05, 3.63) is 52.2 Å². The second-order valence-corrected chi connectivity index (χ2v) is 6.59. The highest BCUT2D eigenvalue weighted by atomic mass is 32.1. The number of rotatable bonds is 7. The Morgan fingerprint density at radius 1 is 1.21 bits per heavy atom. The van der Waals surface area contributed by atoms with Crippen LogP contribution >= 0.6 is 11.3 Å². The van der Waals surface area contributed by atoms with E-state index in [2.05, 4.69) is 52.1 Å². The van der Waals surface area contributed by atoms with Crippen molar-refractivity contribution in [1.29, 1.82) is 0 Å². The Labute approximate surface area is 148 Å². The Morgan fingerprint density at radius 3 is 2.62 bits per heavy atom. The average molecular weight is 347 g/mol. The molecule has 1 heterocycles. The van der Waals surface area contributed by atoms with Gasteiger partial charge in [0.15, 0.2) is 5.96 Å². The minimum Gasteiger partial charge on any atom is -0.496 e. The van der Waals surface area contributed by atoms with Gasteiger partial charge in [-0.3, -0.25) is 4.99 Å². The van der Waals surface area contributed by atoms with Gasteiger partial charge in [-0.25, -0.2) is 0 Å². The number of likely N-dealkylation sites (N-methyl/N-ethyl adjacent to an activating group) is 1. The molecule has 0 aliphatic carbocycles. The zero-order valence-corrected chi connectivity index (χ0v) is 15.6. The number of thiophene rings is 1. The number of aliphatic imine (C=N–C) groups is 1. The number of hydrogen-bond donors (Lipinski definition) is 2. The SMILES string of the molecule is CN=C(NCc1ccccc1OC)NCC(c1cccs1)N(C)C. The predicted octanol–water partition coefficient (Wildman–Crippen LogP) is 2.72. The monoisotopic (exact) mass is 346 g/mol. The summed E-state index contributed by atoms with van der Waals surface area (Å²) in [6.07, 6.45) is 0. The van der Waals surface area contributed by atoms with Crippen LogP contribution in [0.5, 0.6) is 5.75 Å². The van der Waals surface area contributed by atoms with Crippen LogP contribution in [0.15, 0.2) is 46.8 Å². The topological polar surface area (TPSA) is 48.9 Å². The fourth-order valence-corrected chi connectivity index (χ4v) is 3.38. The molecule has 1 aromatic carbocycles. The summed E-state index contributed by atoms with van der Waals surface area (Å²) in [5, 5.41) is 8.87. The molecule has 2 rings (SSSR count). The average Bonchev–Trinajstić information content (AvgIpc) is 3.12. The lowest BCUT2D eigenvalue weighted by molar-refractivity contribution is 0.302. The molecule has 2 N–H and O–H groups in total. The molecule has 0 saturated carbocycles. The first-order valence-corrected chi connectivity index (χ1v) is 8.80. The lowest BCUT2D eigenvalue weighted by atomic mass is 10.2. The molecule has 1 atom stereocenters. The van der Waals surface area contributed by atoms with Gasteiger partial charge in [-0.1, -0.05) is 24.3 Å². The van der Waals surface area contributed by atoms with Gasteiger partial charge in [0.2, 0.25) is 0 Å². The van der Waals surface area contributed by atoms with E-state index in [1.54, 1.807) is 25.5 Å². The fraction of sp³-hybridized carbons (Fsp3) is 0.389. The number of nitrogens with zero attached hydrogens (tertiary/aromatic N) is 2. The standard InChI is InChI=1S/C18H26N4OS/c1-19-18(20-12-14-8-5-6-9-16(14)23-4)21-13-15(22(2)3)17-10-7-11-24-17/h5-11,15H,12-13H2,1-4H3,(H2,19,20,21). The summed E-state index contributed by atoms with van der Waals surface area (Å²) in [6, 6.07) is 12.6. The second-order valence-electron chi connectivity index (χ2n) is 5.61. The van der Waals surface area contributed by atoms with Gasteiger partial charge >= 0.3 is 0 Å². The van der Waals surface area contributed by atoms with Crippen LogP contribution in [-0.4, -0.2) is 45.7 Å². The molecule has 0 saturated heterocycles. The van der Waals surface area contributed by atoms with E-state index in [0.29, 0.717) is 12.6 Å². The lowest BCUT2D eigenvalue weighted by Gasteiger charge is -2.24. The normalized spacial score (nSPS) is 13.0. The number of para-hydroxylation sites is 1. The maximum atomic E-state index is 5.38. The van der Waals surface area contributed by atoms with Crippen molar-refractivity contribution < 1.29 is 4.74 Å². The van der Waals surface area contributed by atoms with Gasteiger partial charge in [-0.15, -0.1) is 11.3 Å². The number of methoxy groups -OCH3 is 1. The largest absolute Gasteiger partial charge is 0.496 e. The first-order valence-electron chi connectivity index (χ1n) is 7.92. The Bertz CT molecular complexity index is 640. The van der Waals surface area contributed by atoms with Gasteiger partial charge in [-0.05, 0) is 31.6 Å². The summed E-state index contributed by atoms with van der Waals surface area (Å²) in [4.78, 5) is 7.86. The van der Waals surface area contributed by atoms with Gasteiger partial charge in [-0.2, -0.15) is 0 Å². The molecule has 6 heteroatoms. The van der Waals surface area contributed by atoms with Gasteiger partial charge in [0.05, 0.1) is 13.2 Å². The third kappa shape index (κ3) is 4.97. The molecule has 24 heavy (non-hydrogen) atoms. The molecular formula is C18H26N4OS. The van der Waals surface area contributed by atoms with E-state index in [9.17, 15) is 0 Å². The zero-order valence-electron chi connectivity index (χ0n) is 14.7. The molecule has 1 unspecified atom stereocenters. The third-order valence-corrected chi connectivity index (χ3v) is 4.79. The van der Waals surface area contributed by atoms with Crippen LogP contribution in [0, 0.1) is 0 Å². The number of nitrogens with one attached hydrogen (secondary N) is 2. The summed E-state index contributed by atoms with van der Waals surface area (Å²) in [7, 11) is 7.66. The van der Waals surface area contributed by atoms with E-state index in [-0.39, 0.29) is 0 Å². The number of benzene rings is 1. The second kappa shape index (κ2) is 9.30. The van der Waals surface area contributed by atoms with E-state index in [1.165, 1.54) is 4.88 Å². The summed E-state index contributed by atoms with van der Waals surface area (Å²) in [5.41, 5.74) is 1.10. The smallest absolute Gasteiger partial charge is 0.191 e. The van der Waals surface area contributed by atoms with Crippen molar-refractivity contribution in [1.82, 2.24) is 15.5 Å². The number of hydrogen-bond acceptors (Lipinski definition) is 4. The van der Waals surface area contributed by atoms with Crippen LogP contribution in [0.1, 0.15) is 16.5 Å². The summed E-state index contributed by atoms with van der Waals surface area (Å²) in [5.74, 6) is 1.66. The van der Waals surface area contributed by atoms with Crippen LogP contribution in [0.4, 0.5) is 0 Å². The molecule has 1 aromatic heterocycles. The minimum atomic E-state index is 0.315. The van der Waals surface area contributed by atoms with Crippen LogP contribution < -0.4 is 15.4 Å². The van der Waals surface area contributed by atoms with Crippen molar-refractivity contribution in [3.8, 4) is 5.75 Å². The summed E-state index contributed by atoms with van der Waals surface area (Å²) >= 11 is 1.78. The maximum Gasteiger partial charge on any atom is 0.191 e. The zero-order chi connectivity index (χ0) is 17.4. The molecule has 130 valence electrons. The highest BCUT2D eigenvalue weighted by molar-refractivity contribution is 7.10. The Hall–Kier alpha value is -2.05. The molecule has 0 amide bonds. The highest BCUT2D eigenvalue weighted by Crippen LogP contribution is 2.22. The quantitative estimate of drug-likeness (QED) is 0.598. The van der Waals surface area contributed by atoms with Crippen molar-refractivity contribution in [2.75, 3.05) is 34.8 Å². The number of ether oxygens (including phenoxy) is 1. The van der Waals surface area contributed by atoms with Crippen molar-refractivity contribution >= 4 is 17.3 Å². The third-order valence-electron chi connectivity index (χ3n) is 3.82. The Morgan fingerprint density at radius 2 is 2.00 bits per heavy atom. The summed E-state index contributed by atoms with van der Waals surface area (Å²) < 4.78 is 5.38. The number of guanidine groups is 1. The Balaban J connectivity index is 1.92. The first kappa shape index (κ1) is 18.3. The molecule has 0 aliphatic heterocycles. The molecule has 0 bridgehead atoms. The maximum absolute atomic E-state index is 5.38. The van der Waals surface area contributed by atoms with Crippen LogP contribution in [-0.2, 0) is 6.54 Å². The summed E-state index contributed by atoms with van der Waals surface area (Å²) in [6.45, 7) is 1.45. The van der Waals surface area contributed by atoms with Gasteiger partial charge in [0.25, 0.3) is 0 Å². The van der Waals surface area contributed by atoms with Crippen LogP contribution in [0.3, 0.4) is 0 Å². The van der Waals surface area contributed by atoms with Crippen molar-refractivity contribution in [2.24, 2.45) is 4.99 Å². The molecular weight excluding hydrogens is 320 g/mol. The predicted molar refractivity (Wildman–Crippen MR) is 102 cm³/mol. The van der Waals surface area contributed by atoms with Crippen LogP contribution in [0.2, 0.25) is 0 Å². The van der Waals surface area contributed by atoms with Gasteiger partial charge in [0.1, 0.15) is 5.75 Å². The van der Waals surface area contributed by atoms with E-state index < -0.39 is 0 Å². The molecule has 0 spiro atoms. The van der Waals surface area contributed by atoms with Gasteiger partial charge in [0, 0.05) is 30.6 Å². The van der Waals surface area contributed by atoms with E-state index in [4.69, 9.17) is 4.74 Å². The first-order chi connectivity index (χ1) is 11.7. The van der Waals surface area contributed by atoms with E-state index in [1.807, 2.05) is 24.3 Å². The van der Waals surface area contributed by atoms with E-state index in [0.717, 1.165) is 23.8 Å². The van der Waals surface area contributed by atoms with Crippen molar-refractivity contribution in [3.63, 3.8) is 0 Å².